The van der Waals surface area contributed by atoms with E-state index in [1.165, 1.54) is 31.3 Å². The molecular formula is C16H18N2O4. The first-order valence-electron chi connectivity index (χ1n) is 6.61. The minimum atomic E-state index is -0.353. The zero-order valence-electron chi connectivity index (χ0n) is 12.7. The molecule has 0 heterocycles. The van der Waals surface area contributed by atoms with Crippen molar-refractivity contribution in [1.82, 2.24) is 0 Å². The number of ether oxygens (including phenoxy) is 2. The van der Waals surface area contributed by atoms with Crippen LogP contribution in [0.4, 0.5) is 16.2 Å². The van der Waals surface area contributed by atoms with Crippen LogP contribution in [-0.4, -0.2) is 32.4 Å². The third-order valence-corrected chi connectivity index (χ3v) is 3.20. The second kappa shape index (κ2) is 6.71. The summed E-state index contributed by atoms with van der Waals surface area (Å²) in [5.74, 6) is 1.16. The quantitative estimate of drug-likeness (QED) is 0.910. The molecule has 0 aliphatic heterocycles. The van der Waals surface area contributed by atoms with Crippen molar-refractivity contribution in [3.05, 3.63) is 42.5 Å². The molecule has 2 N–H and O–H groups in total. The van der Waals surface area contributed by atoms with Crippen LogP contribution in [0.3, 0.4) is 0 Å². The molecule has 0 fully saturated rings. The molecule has 2 aromatic rings. The van der Waals surface area contributed by atoms with Crippen molar-refractivity contribution in [3.8, 4) is 17.2 Å². The molecule has 0 radical (unpaired) electrons. The van der Waals surface area contributed by atoms with Crippen molar-refractivity contribution in [2.45, 2.75) is 0 Å². The molecule has 6 nitrogen and oxygen atoms in total. The predicted molar refractivity (Wildman–Crippen MR) is 85.1 cm³/mol. The van der Waals surface area contributed by atoms with Gasteiger partial charge < -0.3 is 19.9 Å². The van der Waals surface area contributed by atoms with Crippen LogP contribution in [0.5, 0.6) is 17.2 Å². The zero-order chi connectivity index (χ0) is 16.1. The van der Waals surface area contributed by atoms with E-state index in [9.17, 15) is 9.90 Å². The lowest BCUT2D eigenvalue weighted by Gasteiger charge is -2.20. The summed E-state index contributed by atoms with van der Waals surface area (Å²) >= 11 is 0. The van der Waals surface area contributed by atoms with E-state index in [0.29, 0.717) is 22.9 Å². The van der Waals surface area contributed by atoms with E-state index < -0.39 is 0 Å². The van der Waals surface area contributed by atoms with Gasteiger partial charge in [-0.3, -0.25) is 4.90 Å². The number of aromatic hydroxyl groups is 1. The Hall–Kier alpha value is -2.89. The van der Waals surface area contributed by atoms with Gasteiger partial charge in [0, 0.05) is 12.7 Å². The lowest BCUT2D eigenvalue weighted by Crippen LogP contribution is -2.31. The van der Waals surface area contributed by atoms with Crippen LogP contribution in [0.25, 0.3) is 0 Å². The van der Waals surface area contributed by atoms with Gasteiger partial charge in [0.25, 0.3) is 0 Å². The molecule has 0 aromatic heterocycles. The summed E-state index contributed by atoms with van der Waals surface area (Å²) in [7, 11) is 4.67. The molecule has 6 heteroatoms. The Morgan fingerprint density at radius 1 is 1.05 bits per heavy atom. The van der Waals surface area contributed by atoms with Crippen LogP contribution in [0.1, 0.15) is 0 Å². The molecule has 0 aliphatic rings. The third-order valence-electron chi connectivity index (χ3n) is 3.20. The Balaban J connectivity index is 2.23. The Morgan fingerprint density at radius 2 is 1.59 bits per heavy atom. The fourth-order valence-electron chi connectivity index (χ4n) is 1.96. The van der Waals surface area contributed by atoms with E-state index in [-0.39, 0.29) is 11.8 Å². The van der Waals surface area contributed by atoms with Gasteiger partial charge in [0.2, 0.25) is 0 Å². The van der Waals surface area contributed by atoms with Crippen molar-refractivity contribution in [3.63, 3.8) is 0 Å². The number of carbonyl (C=O) groups is 1. The number of anilines is 2. The Morgan fingerprint density at radius 3 is 2.09 bits per heavy atom. The maximum Gasteiger partial charge on any atom is 0.326 e. The molecule has 116 valence electrons. The average molecular weight is 302 g/mol. The number of hydrogen-bond acceptors (Lipinski definition) is 4. The number of methoxy groups -OCH3 is 2. The maximum atomic E-state index is 12.4. The maximum absolute atomic E-state index is 12.4. The van der Waals surface area contributed by atoms with E-state index in [4.69, 9.17) is 9.47 Å². The molecule has 0 unspecified atom stereocenters. The number of rotatable bonds is 4. The summed E-state index contributed by atoms with van der Waals surface area (Å²) in [5, 5.41) is 12.1. The summed E-state index contributed by atoms with van der Waals surface area (Å²) in [6, 6.07) is 11.2. The molecule has 0 saturated carbocycles. The van der Waals surface area contributed by atoms with Crippen molar-refractivity contribution >= 4 is 17.4 Å². The highest BCUT2D eigenvalue weighted by molar-refractivity contribution is 6.03. The smallest absolute Gasteiger partial charge is 0.326 e. The van der Waals surface area contributed by atoms with Crippen molar-refractivity contribution in [2.24, 2.45) is 0 Å². The SMILES string of the molecule is COc1cccc(OC)c1NC(=O)N(C)c1ccc(O)cc1. The van der Waals surface area contributed by atoms with Crippen LogP contribution >= 0.6 is 0 Å². The molecule has 0 bridgehead atoms. The van der Waals surface area contributed by atoms with Crippen molar-refractivity contribution in [2.75, 3.05) is 31.5 Å². The van der Waals surface area contributed by atoms with Gasteiger partial charge in [-0.15, -0.1) is 0 Å². The topological polar surface area (TPSA) is 71.0 Å². The molecule has 0 atom stereocenters. The number of carbonyl (C=O) groups excluding carboxylic acids is 1. The second-order valence-electron chi connectivity index (χ2n) is 4.54. The molecule has 0 saturated heterocycles. The minimum absolute atomic E-state index is 0.143. The van der Waals surface area contributed by atoms with Crippen molar-refractivity contribution < 1.29 is 19.4 Å². The summed E-state index contributed by atoms with van der Waals surface area (Å²) in [6.45, 7) is 0. The van der Waals surface area contributed by atoms with Crippen LogP contribution in [-0.2, 0) is 0 Å². The fourth-order valence-corrected chi connectivity index (χ4v) is 1.96. The number of phenols is 1. The first kappa shape index (κ1) is 15.5. The Kier molecular flexibility index (Phi) is 4.73. The van der Waals surface area contributed by atoms with Gasteiger partial charge in [-0.25, -0.2) is 4.79 Å². The number of nitrogens with one attached hydrogen (secondary N) is 1. The standard InChI is InChI=1S/C16H18N2O4/c1-18(11-7-9-12(19)10-8-11)16(20)17-15-13(21-2)5-4-6-14(15)22-3/h4-10,19H,1-3H3,(H,17,20). The molecule has 2 rings (SSSR count). The molecule has 2 aromatic carbocycles. The number of para-hydroxylation sites is 1. The number of amides is 2. The summed E-state index contributed by atoms with van der Waals surface area (Å²) in [5.41, 5.74) is 1.10. The van der Waals surface area contributed by atoms with E-state index in [1.54, 1.807) is 37.4 Å². The van der Waals surface area contributed by atoms with Gasteiger partial charge >= 0.3 is 6.03 Å². The largest absolute Gasteiger partial charge is 0.508 e. The lowest BCUT2D eigenvalue weighted by atomic mass is 10.2. The van der Waals surface area contributed by atoms with Crippen LogP contribution in [0, 0.1) is 0 Å². The highest BCUT2D eigenvalue weighted by atomic mass is 16.5. The molecule has 22 heavy (non-hydrogen) atoms. The highest BCUT2D eigenvalue weighted by Gasteiger charge is 2.16. The van der Waals surface area contributed by atoms with Crippen LogP contribution < -0.4 is 19.7 Å². The van der Waals surface area contributed by atoms with Gasteiger partial charge in [0.15, 0.2) is 0 Å². The number of nitrogens with zero attached hydrogens (tertiary/aromatic N) is 1. The van der Waals surface area contributed by atoms with E-state index in [0.717, 1.165) is 0 Å². The molecule has 0 spiro atoms. The first-order valence-corrected chi connectivity index (χ1v) is 6.61. The number of phenolic OH excluding ortho intramolecular Hbond substituents is 1. The Labute approximate surface area is 128 Å². The summed E-state index contributed by atoms with van der Waals surface area (Å²) < 4.78 is 10.5. The Bertz CT molecular complexity index is 633. The average Bonchev–Trinajstić information content (AvgIpc) is 2.55. The number of hydrogen-bond donors (Lipinski definition) is 2. The first-order chi connectivity index (χ1) is 10.6. The van der Waals surface area contributed by atoms with Gasteiger partial charge in [-0.1, -0.05) is 6.07 Å². The van der Waals surface area contributed by atoms with Crippen LogP contribution in [0.2, 0.25) is 0 Å². The van der Waals surface area contributed by atoms with Crippen molar-refractivity contribution in [1.29, 1.82) is 0 Å². The predicted octanol–water partition coefficient (Wildman–Crippen LogP) is 3.08. The fraction of sp³-hybridized carbons (Fsp3) is 0.188. The monoisotopic (exact) mass is 302 g/mol. The van der Waals surface area contributed by atoms with Gasteiger partial charge in [-0.2, -0.15) is 0 Å². The lowest BCUT2D eigenvalue weighted by molar-refractivity contribution is 0.257. The van der Waals surface area contributed by atoms with Crippen LogP contribution in [0.15, 0.2) is 42.5 Å². The zero-order valence-corrected chi connectivity index (χ0v) is 12.7. The highest BCUT2D eigenvalue weighted by Crippen LogP contribution is 2.34. The van der Waals surface area contributed by atoms with Gasteiger partial charge in [0.05, 0.1) is 14.2 Å². The van der Waals surface area contributed by atoms with Gasteiger partial charge in [-0.05, 0) is 36.4 Å². The molecule has 2 amide bonds. The second-order valence-corrected chi connectivity index (χ2v) is 4.54. The normalized spacial score (nSPS) is 9.95. The van der Waals surface area contributed by atoms with Gasteiger partial charge in [0.1, 0.15) is 22.9 Å². The van der Waals surface area contributed by atoms with E-state index >= 15 is 0 Å². The third kappa shape index (κ3) is 3.22. The van der Waals surface area contributed by atoms with E-state index in [2.05, 4.69) is 5.32 Å². The minimum Gasteiger partial charge on any atom is -0.508 e. The summed E-state index contributed by atoms with van der Waals surface area (Å²) in [6.07, 6.45) is 0. The van der Waals surface area contributed by atoms with E-state index in [1.807, 2.05) is 0 Å². The summed E-state index contributed by atoms with van der Waals surface area (Å²) in [4.78, 5) is 13.8. The molecule has 0 aliphatic carbocycles. The number of benzene rings is 2. The number of urea groups is 1. The molecular weight excluding hydrogens is 284 g/mol.